The lowest BCUT2D eigenvalue weighted by atomic mass is 9.84. The predicted octanol–water partition coefficient (Wildman–Crippen LogP) is 1.85. The molecule has 1 atom stereocenters. The van der Waals surface area contributed by atoms with Gasteiger partial charge in [-0.25, -0.2) is 0 Å². The lowest BCUT2D eigenvalue weighted by Gasteiger charge is -2.34. The lowest BCUT2D eigenvalue weighted by Crippen LogP contribution is -2.50. The van der Waals surface area contributed by atoms with E-state index in [-0.39, 0.29) is 6.04 Å². The van der Waals surface area contributed by atoms with Gasteiger partial charge in [-0.2, -0.15) is 17.4 Å². The van der Waals surface area contributed by atoms with Gasteiger partial charge in [0.25, 0.3) is 10.2 Å². The van der Waals surface area contributed by atoms with Crippen LogP contribution in [-0.2, 0) is 10.2 Å². The van der Waals surface area contributed by atoms with Crippen LogP contribution in [-0.4, -0.2) is 38.4 Å². The Bertz CT molecular complexity index is 405. The molecular formula is C15H31N3O2S. The topological polar surface area (TPSA) is 75.4 Å². The Morgan fingerprint density at radius 2 is 1.86 bits per heavy atom. The Kier molecular flexibility index (Phi) is 6.47. The summed E-state index contributed by atoms with van der Waals surface area (Å²) in [6, 6.07) is 0.126. The molecule has 2 aliphatic rings. The van der Waals surface area contributed by atoms with Crippen LogP contribution in [0.25, 0.3) is 0 Å². The predicted molar refractivity (Wildman–Crippen MR) is 86.1 cm³/mol. The average molecular weight is 317 g/mol. The van der Waals surface area contributed by atoms with E-state index in [1.807, 2.05) is 0 Å². The Morgan fingerprint density at radius 1 is 1.14 bits per heavy atom. The molecule has 0 amide bonds. The van der Waals surface area contributed by atoms with Gasteiger partial charge in [0.15, 0.2) is 0 Å². The summed E-state index contributed by atoms with van der Waals surface area (Å²) < 4.78 is 29.5. The van der Waals surface area contributed by atoms with Gasteiger partial charge < -0.3 is 5.73 Å². The van der Waals surface area contributed by atoms with Gasteiger partial charge >= 0.3 is 0 Å². The molecule has 1 aliphatic heterocycles. The third-order valence-electron chi connectivity index (χ3n) is 5.01. The molecule has 0 bridgehead atoms. The zero-order chi connectivity index (χ0) is 15.3. The van der Waals surface area contributed by atoms with Gasteiger partial charge in [0, 0.05) is 19.1 Å². The van der Waals surface area contributed by atoms with E-state index in [4.69, 9.17) is 5.73 Å². The number of rotatable bonds is 6. The van der Waals surface area contributed by atoms with E-state index in [1.165, 1.54) is 12.8 Å². The molecule has 5 nitrogen and oxygen atoms in total. The van der Waals surface area contributed by atoms with Gasteiger partial charge in [0.2, 0.25) is 0 Å². The SMILES string of the molecule is CCCC1CCC(NS(=O)(=O)N2CCCC(CN)C2)CC1. The summed E-state index contributed by atoms with van der Waals surface area (Å²) in [5, 5.41) is 0. The largest absolute Gasteiger partial charge is 0.330 e. The molecule has 1 saturated heterocycles. The van der Waals surface area contributed by atoms with Gasteiger partial charge in [-0.3, -0.25) is 0 Å². The van der Waals surface area contributed by atoms with Crippen molar-refractivity contribution in [2.75, 3.05) is 19.6 Å². The number of hydrogen-bond acceptors (Lipinski definition) is 3. The van der Waals surface area contributed by atoms with Crippen molar-refractivity contribution < 1.29 is 8.42 Å². The van der Waals surface area contributed by atoms with Crippen LogP contribution in [0, 0.1) is 11.8 Å². The first-order valence-electron chi connectivity index (χ1n) is 8.52. The molecule has 124 valence electrons. The van der Waals surface area contributed by atoms with Crippen LogP contribution < -0.4 is 10.5 Å². The zero-order valence-electron chi connectivity index (χ0n) is 13.3. The van der Waals surface area contributed by atoms with E-state index < -0.39 is 10.2 Å². The van der Waals surface area contributed by atoms with Crippen molar-refractivity contribution >= 4 is 10.2 Å². The highest BCUT2D eigenvalue weighted by atomic mass is 32.2. The first-order valence-corrected chi connectivity index (χ1v) is 9.96. The first-order chi connectivity index (χ1) is 10.0. The van der Waals surface area contributed by atoms with E-state index in [0.29, 0.717) is 25.6 Å². The number of piperidine rings is 1. The molecule has 1 saturated carbocycles. The molecule has 3 N–H and O–H groups in total. The summed E-state index contributed by atoms with van der Waals surface area (Å²) in [5.74, 6) is 1.11. The lowest BCUT2D eigenvalue weighted by molar-refractivity contribution is 0.258. The highest BCUT2D eigenvalue weighted by Crippen LogP contribution is 2.28. The third kappa shape index (κ3) is 4.91. The number of nitrogens with one attached hydrogen (secondary N) is 1. The van der Waals surface area contributed by atoms with Gasteiger partial charge in [0.1, 0.15) is 0 Å². The van der Waals surface area contributed by atoms with Gasteiger partial charge in [-0.05, 0) is 56.9 Å². The standard InChI is InChI=1S/C15H31N3O2S/c1-2-4-13-6-8-15(9-7-13)17-21(19,20)18-10-3-5-14(11-16)12-18/h13-15,17H,2-12,16H2,1H3. The number of hydrogen-bond donors (Lipinski definition) is 2. The summed E-state index contributed by atoms with van der Waals surface area (Å²) >= 11 is 0. The minimum atomic E-state index is -3.33. The van der Waals surface area contributed by atoms with Crippen LogP contribution >= 0.6 is 0 Å². The van der Waals surface area contributed by atoms with Crippen molar-refractivity contribution in [3.63, 3.8) is 0 Å². The van der Waals surface area contributed by atoms with E-state index >= 15 is 0 Å². The third-order valence-corrected chi connectivity index (χ3v) is 6.66. The van der Waals surface area contributed by atoms with Crippen LogP contribution in [0.5, 0.6) is 0 Å². The fraction of sp³-hybridized carbons (Fsp3) is 1.00. The molecule has 2 fully saturated rings. The summed E-state index contributed by atoms with van der Waals surface area (Å²) in [5.41, 5.74) is 5.69. The first kappa shape index (κ1) is 17.2. The highest BCUT2D eigenvalue weighted by molar-refractivity contribution is 7.87. The molecule has 0 spiro atoms. The van der Waals surface area contributed by atoms with Crippen LogP contribution in [0.15, 0.2) is 0 Å². The van der Waals surface area contributed by atoms with Crippen molar-refractivity contribution in [1.82, 2.24) is 9.03 Å². The second kappa shape index (κ2) is 7.90. The Labute approximate surface area is 129 Å². The summed E-state index contributed by atoms with van der Waals surface area (Å²) in [6.45, 7) is 4.02. The van der Waals surface area contributed by atoms with E-state index in [9.17, 15) is 8.42 Å². The molecule has 0 aromatic rings. The molecule has 1 aliphatic carbocycles. The second-order valence-corrected chi connectivity index (χ2v) is 8.43. The molecule has 0 aromatic carbocycles. The maximum Gasteiger partial charge on any atom is 0.279 e. The highest BCUT2D eigenvalue weighted by Gasteiger charge is 2.31. The molecule has 0 radical (unpaired) electrons. The van der Waals surface area contributed by atoms with E-state index in [2.05, 4.69) is 11.6 Å². The van der Waals surface area contributed by atoms with Crippen molar-refractivity contribution in [3.8, 4) is 0 Å². The quantitative estimate of drug-likeness (QED) is 0.785. The monoisotopic (exact) mass is 317 g/mol. The van der Waals surface area contributed by atoms with Crippen LogP contribution in [0.3, 0.4) is 0 Å². The summed E-state index contributed by atoms with van der Waals surface area (Å²) in [7, 11) is -3.33. The maximum atomic E-state index is 12.5. The molecule has 21 heavy (non-hydrogen) atoms. The normalized spacial score (nSPS) is 32.2. The van der Waals surface area contributed by atoms with E-state index in [1.54, 1.807) is 4.31 Å². The average Bonchev–Trinajstić information content (AvgIpc) is 2.49. The zero-order valence-corrected chi connectivity index (χ0v) is 14.1. The number of nitrogens with zero attached hydrogens (tertiary/aromatic N) is 1. The molecule has 1 heterocycles. The van der Waals surface area contributed by atoms with Crippen molar-refractivity contribution in [2.45, 2.75) is 64.3 Å². The fourth-order valence-electron chi connectivity index (χ4n) is 3.70. The van der Waals surface area contributed by atoms with Crippen molar-refractivity contribution in [1.29, 1.82) is 0 Å². The van der Waals surface area contributed by atoms with Crippen LogP contribution in [0.2, 0.25) is 0 Å². The van der Waals surface area contributed by atoms with Gasteiger partial charge in [-0.1, -0.05) is 19.8 Å². The molecule has 2 rings (SSSR count). The van der Waals surface area contributed by atoms with Gasteiger partial charge in [-0.15, -0.1) is 0 Å². The maximum absolute atomic E-state index is 12.5. The fourth-order valence-corrected chi connectivity index (χ4v) is 5.28. The molecule has 0 aromatic heterocycles. The summed E-state index contributed by atoms with van der Waals surface area (Å²) in [6.07, 6.45) is 8.77. The molecule has 1 unspecified atom stereocenters. The van der Waals surface area contributed by atoms with Gasteiger partial charge in [0.05, 0.1) is 0 Å². The molecule has 6 heteroatoms. The van der Waals surface area contributed by atoms with Crippen LogP contribution in [0.1, 0.15) is 58.3 Å². The second-order valence-electron chi connectivity index (χ2n) is 6.73. The minimum absolute atomic E-state index is 0.126. The molecular weight excluding hydrogens is 286 g/mol. The summed E-state index contributed by atoms with van der Waals surface area (Å²) in [4.78, 5) is 0. The number of nitrogens with two attached hydrogens (primary N) is 1. The Balaban J connectivity index is 1.84. The minimum Gasteiger partial charge on any atom is -0.330 e. The Morgan fingerprint density at radius 3 is 2.48 bits per heavy atom. The Hall–Kier alpha value is -0.170. The van der Waals surface area contributed by atoms with Crippen molar-refractivity contribution in [2.24, 2.45) is 17.6 Å². The smallest absolute Gasteiger partial charge is 0.279 e. The van der Waals surface area contributed by atoms with Crippen molar-refractivity contribution in [3.05, 3.63) is 0 Å². The van der Waals surface area contributed by atoms with Crippen LogP contribution in [0.4, 0.5) is 0 Å². The van der Waals surface area contributed by atoms with E-state index in [0.717, 1.165) is 44.4 Å².